The molecule has 104 valence electrons. The van der Waals surface area contributed by atoms with E-state index in [-0.39, 0.29) is 11.2 Å². The zero-order chi connectivity index (χ0) is 13.6. The predicted octanol–water partition coefficient (Wildman–Crippen LogP) is 2.85. The summed E-state index contributed by atoms with van der Waals surface area (Å²) in [6.45, 7) is 9.69. The highest BCUT2D eigenvalue weighted by atomic mass is 28.3. The van der Waals surface area contributed by atoms with Gasteiger partial charge in [-0.05, 0) is 32.6 Å². The summed E-state index contributed by atoms with van der Waals surface area (Å²) in [5.41, 5.74) is 0.761. The molecule has 0 bridgehead atoms. The fourth-order valence-electron chi connectivity index (χ4n) is 2.60. The molecule has 0 N–H and O–H groups in total. The van der Waals surface area contributed by atoms with Gasteiger partial charge >= 0.3 is 5.97 Å². The molecule has 1 unspecified atom stereocenters. The smallest absolute Gasteiger partial charge is 0.336 e. The van der Waals surface area contributed by atoms with Gasteiger partial charge < -0.3 is 9.47 Å². The van der Waals surface area contributed by atoms with Crippen LogP contribution in [0.1, 0.15) is 39.5 Å². The quantitative estimate of drug-likeness (QED) is 0.438. The lowest BCUT2D eigenvalue weighted by molar-refractivity contribution is -0.142. The number of rotatable bonds is 5. The highest BCUT2D eigenvalue weighted by molar-refractivity contribution is 6.61. The molecule has 3 nitrogen and oxygen atoms in total. The van der Waals surface area contributed by atoms with Gasteiger partial charge in [0.25, 0.3) is 0 Å². The van der Waals surface area contributed by atoms with Crippen LogP contribution in [0.25, 0.3) is 0 Å². The zero-order valence-corrected chi connectivity index (χ0v) is 13.3. The lowest BCUT2D eigenvalue weighted by atomic mass is 10.00. The molecular weight excluding hydrogens is 244 g/mol. The average molecular weight is 270 g/mol. The Balaban J connectivity index is 2.91. The van der Waals surface area contributed by atoms with Crippen molar-refractivity contribution in [2.45, 2.75) is 57.8 Å². The van der Waals surface area contributed by atoms with Crippen LogP contribution in [0.2, 0.25) is 13.1 Å². The van der Waals surface area contributed by atoms with Gasteiger partial charge in [-0.3, -0.25) is 0 Å². The van der Waals surface area contributed by atoms with Gasteiger partial charge in [-0.1, -0.05) is 26.1 Å². The Morgan fingerprint density at radius 1 is 1.44 bits per heavy atom. The average Bonchev–Trinajstić information content (AvgIpc) is 2.38. The van der Waals surface area contributed by atoms with Gasteiger partial charge in [0, 0.05) is 6.61 Å². The van der Waals surface area contributed by atoms with Gasteiger partial charge in [0.2, 0.25) is 0 Å². The second kappa shape index (κ2) is 7.09. The van der Waals surface area contributed by atoms with Crippen LogP contribution in [0.5, 0.6) is 0 Å². The van der Waals surface area contributed by atoms with Crippen LogP contribution in [0.15, 0.2) is 11.6 Å². The zero-order valence-electron chi connectivity index (χ0n) is 12.1. The van der Waals surface area contributed by atoms with Crippen molar-refractivity contribution in [1.29, 1.82) is 0 Å². The van der Waals surface area contributed by atoms with Crippen molar-refractivity contribution in [2.75, 3.05) is 13.2 Å². The van der Waals surface area contributed by atoms with Crippen molar-refractivity contribution in [2.24, 2.45) is 0 Å². The van der Waals surface area contributed by atoms with Crippen molar-refractivity contribution < 1.29 is 14.3 Å². The molecule has 4 heteroatoms. The largest absolute Gasteiger partial charge is 0.462 e. The molecule has 1 saturated heterocycles. The summed E-state index contributed by atoms with van der Waals surface area (Å²) in [6.07, 6.45) is 5.97. The predicted molar refractivity (Wildman–Crippen MR) is 76.4 cm³/mol. The van der Waals surface area contributed by atoms with Crippen LogP contribution in [0.3, 0.4) is 0 Å². The third-order valence-electron chi connectivity index (χ3n) is 3.64. The van der Waals surface area contributed by atoms with E-state index < -0.39 is 8.80 Å². The summed E-state index contributed by atoms with van der Waals surface area (Å²) in [5.74, 6) is -0.178. The molecule has 1 rings (SSSR count). The summed E-state index contributed by atoms with van der Waals surface area (Å²) in [7, 11) is -1.14. The third kappa shape index (κ3) is 3.23. The van der Waals surface area contributed by atoms with Gasteiger partial charge in [-0.2, -0.15) is 0 Å². The molecule has 1 aliphatic heterocycles. The first-order valence-corrected chi connectivity index (χ1v) is 9.95. The van der Waals surface area contributed by atoms with Crippen molar-refractivity contribution >= 4 is 14.8 Å². The number of esters is 1. The van der Waals surface area contributed by atoms with Crippen LogP contribution in [0.4, 0.5) is 0 Å². The van der Waals surface area contributed by atoms with E-state index in [9.17, 15) is 4.79 Å². The maximum atomic E-state index is 12.2. The number of carbonyl (C=O) groups excluding carboxylic acids is 1. The molecule has 0 aliphatic carbocycles. The Hall–Kier alpha value is -0.613. The minimum Gasteiger partial charge on any atom is -0.462 e. The molecule has 0 radical (unpaired) electrons. The van der Waals surface area contributed by atoms with Crippen LogP contribution in [-0.4, -0.2) is 33.2 Å². The Labute approximate surface area is 112 Å². The van der Waals surface area contributed by atoms with Crippen molar-refractivity contribution in [1.82, 2.24) is 0 Å². The summed E-state index contributed by atoms with van der Waals surface area (Å²) in [5, 5.41) is -0.308. The Kier molecular flexibility index (Phi) is 6.09. The molecule has 1 atom stereocenters. The minimum atomic E-state index is -1.14. The monoisotopic (exact) mass is 270 g/mol. The van der Waals surface area contributed by atoms with Crippen LogP contribution >= 0.6 is 0 Å². The number of allylic oxidation sites excluding steroid dienone is 1. The van der Waals surface area contributed by atoms with E-state index in [2.05, 4.69) is 13.1 Å². The Morgan fingerprint density at radius 2 is 2.17 bits per heavy atom. The van der Waals surface area contributed by atoms with Crippen LogP contribution < -0.4 is 0 Å². The van der Waals surface area contributed by atoms with Gasteiger partial charge in [0.15, 0.2) is 0 Å². The van der Waals surface area contributed by atoms with E-state index in [1.807, 2.05) is 19.9 Å². The normalized spacial score (nSPS) is 25.3. The van der Waals surface area contributed by atoms with E-state index in [1.165, 1.54) is 0 Å². The number of ether oxygens (including phenoxy) is 2. The summed E-state index contributed by atoms with van der Waals surface area (Å²) in [6, 6.07) is 0. The number of hydrogen-bond donors (Lipinski definition) is 0. The Bertz CT molecular complexity index is 304. The highest BCUT2D eigenvalue weighted by Gasteiger charge is 2.43. The minimum absolute atomic E-state index is 0.178. The Morgan fingerprint density at radius 3 is 2.61 bits per heavy atom. The maximum absolute atomic E-state index is 12.2. The first kappa shape index (κ1) is 15.4. The van der Waals surface area contributed by atoms with Gasteiger partial charge in [-0.25, -0.2) is 4.79 Å². The molecule has 18 heavy (non-hydrogen) atoms. The summed E-state index contributed by atoms with van der Waals surface area (Å²) < 4.78 is 11.4. The topological polar surface area (TPSA) is 35.5 Å². The molecule has 0 spiro atoms. The molecule has 0 aromatic carbocycles. The lowest BCUT2D eigenvalue weighted by Gasteiger charge is -2.41. The van der Waals surface area contributed by atoms with E-state index in [1.54, 1.807) is 0 Å². The molecule has 1 heterocycles. The van der Waals surface area contributed by atoms with Crippen molar-refractivity contribution in [3.05, 3.63) is 11.6 Å². The van der Waals surface area contributed by atoms with E-state index in [0.717, 1.165) is 37.9 Å². The van der Waals surface area contributed by atoms with Gasteiger partial charge in [0.05, 0.1) is 26.2 Å². The standard InChI is InChI=1S/C14H26O3Si/c1-5-10-16-13(15)12(6-2)14(18(3)4)9-7-8-11-17-14/h6,18H,5,7-11H2,1-4H3. The van der Waals surface area contributed by atoms with Crippen molar-refractivity contribution in [3.63, 3.8) is 0 Å². The first-order valence-electron chi connectivity index (χ1n) is 7.06. The van der Waals surface area contributed by atoms with Crippen LogP contribution in [0, 0.1) is 0 Å². The molecule has 0 amide bonds. The van der Waals surface area contributed by atoms with Crippen molar-refractivity contribution in [3.8, 4) is 0 Å². The highest BCUT2D eigenvalue weighted by Crippen LogP contribution is 2.35. The molecule has 0 saturated carbocycles. The molecule has 1 fully saturated rings. The maximum Gasteiger partial charge on any atom is 0.336 e. The molecule has 0 aromatic heterocycles. The molecule has 1 aliphatic rings. The number of carbonyl (C=O) groups is 1. The lowest BCUT2D eigenvalue weighted by Crippen LogP contribution is -2.51. The SMILES string of the molecule is CC=C(C(=O)OCCC)C1([SiH](C)C)CCCCO1. The first-order chi connectivity index (χ1) is 8.58. The van der Waals surface area contributed by atoms with E-state index in [4.69, 9.17) is 9.47 Å². The fourth-order valence-corrected chi connectivity index (χ4v) is 4.74. The van der Waals surface area contributed by atoms with Gasteiger partial charge in [-0.15, -0.1) is 0 Å². The second-order valence-electron chi connectivity index (χ2n) is 5.19. The molecular formula is C14H26O3Si. The van der Waals surface area contributed by atoms with E-state index in [0.29, 0.717) is 6.61 Å². The van der Waals surface area contributed by atoms with Gasteiger partial charge in [0.1, 0.15) is 0 Å². The van der Waals surface area contributed by atoms with E-state index >= 15 is 0 Å². The number of hydrogen-bond acceptors (Lipinski definition) is 3. The summed E-state index contributed by atoms with van der Waals surface area (Å²) >= 11 is 0. The third-order valence-corrected chi connectivity index (χ3v) is 6.27. The molecule has 0 aromatic rings. The summed E-state index contributed by atoms with van der Waals surface area (Å²) in [4.78, 5) is 12.2. The fraction of sp³-hybridized carbons (Fsp3) is 0.786. The van der Waals surface area contributed by atoms with Crippen LogP contribution in [-0.2, 0) is 14.3 Å². The second-order valence-corrected chi connectivity index (χ2v) is 8.43.